The van der Waals surface area contributed by atoms with Crippen molar-refractivity contribution in [1.82, 2.24) is 4.90 Å². The van der Waals surface area contributed by atoms with E-state index in [-0.39, 0.29) is 18.4 Å². The largest absolute Gasteiger partial charge is 0.447 e. The fourth-order valence-electron chi connectivity index (χ4n) is 2.32. The Morgan fingerprint density at radius 3 is 2.65 bits per heavy atom. The van der Waals surface area contributed by atoms with Crippen molar-refractivity contribution in [1.29, 1.82) is 0 Å². The highest BCUT2D eigenvalue weighted by atomic mass is 35.5. The van der Waals surface area contributed by atoms with Crippen LogP contribution in [-0.2, 0) is 9.53 Å². The molecule has 2 rings (SSSR count). The van der Waals surface area contributed by atoms with Gasteiger partial charge in [-0.1, -0.05) is 43.5 Å². The molecule has 108 valence electrons. The van der Waals surface area contributed by atoms with Crippen molar-refractivity contribution >= 4 is 23.6 Å². The van der Waals surface area contributed by atoms with Gasteiger partial charge in [0.25, 0.3) is 0 Å². The number of cyclic esters (lactones) is 1. The van der Waals surface area contributed by atoms with Gasteiger partial charge in [-0.25, -0.2) is 9.69 Å². The number of benzene rings is 1. The lowest BCUT2D eigenvalue weighted by molar-refractivity contribution is -0.129. The van der Waals surface area contributed by atoms with E-state index in [4.69, 9.17) is 16.3 Å². The lowest BCUT2D eigenvalue weighted by Crippen LogP contribution is -2.35. The average Bonchev–Trinajstić information content (AvgIpc) is 2.87. The van der Waals surface area contributed by atoms with E-state index in [1.54, 1.807) is 12.1 Å². The third-order valence-corrected chi connectivity index (χ3v) is 3.70. The van der Waals surface area contributed by atoms with Crippen LogP contribution in [0.3, 0.4) is 0 Å². The Labute approximate surface area is 123 Å². The molecule has 1 heterocycles. The maximum absolute atomic E-state index is 12.5. The highest BCUT2D eigenvalue weighted by Gasteiger charge is 2.33. The van der Waals surface area contributed by atoms with E-state index in [0.29, 0.717) is 11.6 Å². The number of rotatable bonds is 5. The zero-order valence-electron chi connectivity index (χ0n) is 11.5. The molecule has 1 fully saturated rings. The summed E-state index contributed by atoms with van der Waals surface area (Å²) in [7, 11) is 0. The highest BCUT2D eigenvalue weighted by Crippen LogP contribution is 2.27. The molecule has 0 bridgehead atoms. The Balaban J connectivity index is 2.20. The molecule has 1 saturated heterocycles. The number of halogens is 1. The van der Waals surface area contributed by atoms with Gasteiger partial charge in [0.1, 0.15) is 6.61 Å². The molecule has 1 aromatic carbocycles. The van der Waals surface area contributed by atoms with Crippen LogP contribution in [0.4, 0.5) is 4.79 Å². The van der Waals surface area contributed by atoms with Crippen molar-refractivity contribution in [2.75, 3.05) is 13.2 Å². The second-order valence-electron chi connectivity index (χ2n) is 4.85. The van der Waals surface area contributed by atoms with Crippen LogP contribution in [0.15, 0.2) is 24.3 Å². The fourth-order valence-corrected chi connectivity index (χ4v) is 2.44. The van der Waals surface area contributed by atoms with Crippen molar-refractivity contribution in [2.24, 2.45) is 0 Å². The molecule has 0 N–H and O–H groups in total. The summed E-state index contributed by atoms with van der Waals surface area (Å²) >= 11 is 5.88. The van der Waals surface area contributed by atoms with Gasteiger partial charge >= 0.3 is 6.09 Å². The smallest absolute Gasteiger partial charge is 0.416 e. The van der Waals surface area contributed by atoms with Gasteiger partial charge < -0.3 is 4.74 Å². The van der Waals surface area contributed by atoms with Crippen LogP contribution < -0.4 is 0 Å². The van der Waals surface area contributed by atoms with E-state index in [2.05, 4.69) is 6.92 Å². The lowest BCUT2D eigenvalue weighted by Gasteiger charge is -2.20. The molecule has 1 unspecified atom stereocenters. The molecule has 4 nitrogen and oxygen atoms in total. The molecule has 1 aromatic rings. The predicted molar refractivity (Wildman–Crippen MR) is 76.8 cm³/mol. The van der Waals surface area contributed by atoms with Gasteiger partial charge in [-0.05, 0) is 24.1 Å². The summed E-state index contributed by atoms with van der Waals surface area (Å²) < 4.78 is 4.84. The van der Waals surface area contributed by atoms with E-state index >= 15 is 0 Å². The van der Waals surface area contributed by atoms with Crippen molar-refractivity contribution in [2.45, 2.75) is 32.1 Å². The fraction of sp³-hybridized carbons (Fsp3) is 0.467. The first-order chi connectivity index (χ1) is 9.63. The normalized spacial score (nSPS) is 16.1. The van der Waals surface area contributed by atoms with E-state index < -0.39 is 6.09 Å². The molecule has 5 heteroatoms. The van der Waals surface area contributed by atoms with Gasteiger partial charge in [-0.2, -0.15) is 0 Å². The minimum Gasteiger partial charge on any atom is -0.447 e. The molecular weight excluding hydrogens is 278 g/mol. The Morgan fingerprint density at radius 1 is 1.40 bits per heavy atom. The van der Waals surface area contributed by atoms with E-state index in [9.17, 15) is 9.59 Å². The summed E-state index contributed by atoms with van der Waals surface area (Å²) in [6.45, 7) is 2.70. The van der Waals surface area contributed by atoms with E-state index in [1.807, 2.05) is 12.1 Å². The first-order valence-electron chi connectivity index (χ1n) is 6.87. The van der Waals surface area contributed by atoms with Crippen molar-refractivity contribution in [3.05, 3.63) is 34.9 Å². The number of carbonyl (C=O) groups is 2. The van der Waals surface area contributed by atoms with Gasteiger partial charge in [-0.3, -0.25) is 4.79 Å². The van der Waals surface area contributed by atoms with Crippen LogP contribution in [0.5, 0.6) is 0 Å². The molecule has 0 spiro atoms. The summed E-state index contributed by atoms with van der Waals surface area (Å²) in [5.74, 6) is -0.485. The molecule has 20 heavy (non-hydrogen) atoms. The van der Waals surface area contributed by atoms with Gasteiger partial charge in [0.05, 0.1) is 12.5 Å². The zero-order valence-corrected chi connectivity index (χ0v) is 12.2. The van der Waals surface area contributed by atoms with Crippen LogP contribution in [0.25, 0.3) is 0 Å². The lowest BCUT2D eigenvalue weighted by atomic mass is 9.92. The number of hydrogen-bond donors (Lipinski definition) is 0. The molecule has 0 radical (unpaired) electrons. The quantitative estimate of drug-likeness (QED) is 0.834. The standard InChI is InChI=1S/C15H18ClNO3/c1-2-3-4-13(11-5-7-12(16)8-6-11)14(18)17-9-10-20-15(17)19/h5-8,13H,2-4,9-10H2,1H3. The van der Waals surface area contributed by atoms with Gasteiger partial charge in [-0.15, -0.1) is 0 Å². The SMILES string of the molecule is CCCCC(C(=O)N1CCOC1=O)c1ccc(Cl)cc1. The maximum Gasteiger partial charge on any atom is 0.416 e. The third-order valence-electron chi connectivity index (χ3n) is 3.44. The van der Waals surface area contributed by atoms with E-state index in [1.165, 1.54) is 4.90 Å². The number of ether oxygens (including phenoxy) is 1. The highest BCUT2D eigenvalue weighted by molar-refractivity contribution is 6.30. The first kappa shape index (κ1) is 14.9. The zero-order chi connectivity index (χ0) is 14.5. The Bertz CT molecular complexity index is 486. The minimum atomic E-state index is -0.537. The minimum absolute atomic E-state index is 0.178. The van der Waals surface area contributed by atoms with Crippen LogP contribution in [0.2, 0.25) is 5.02 Å². The topological polar surface area (TPSA) is 46.6 Å². The second kappa shape index (κ2) is 6.75. The Kier molecular flexibility index (Phi) is 5.01. The molecular formula is C15H18ClNO3. The molecule has 1 aliphatic rings. The summed E-state index contributed by atoms with van der Waals surface area (Å²) in [4.78, 5) is 25.3. The number of hydrogen-bond acceptors (Lipinski definition) is 3. The number of carbonyl (C=O) groups excluding carboxylic acids is 2. The molecule has 0 aromatic heterocycles. The van der Waals surface area contributed by atoms with Crippen molar-refractivity contribution < 1.29 is 14.3 Å². The average molecular weight is 296 g/mol. The monoisotopic (exact) mass is 295 g/mol. The molecule has 1 aliphatic heterocycles. The number of unbranched alkanes of at least 4 members (excludes halogenated alkanes) is 1. The van der Waals surface area contributed by atoms with Gasteiger partial charge in [0, 0.05) is 5.02 Å². The van der Waals surface area contributed by atoms with Gasteiger partial charge in [0.2, 0.25) is 5.91 Å². The van der Waals surface area contributed by atoms with Crippen LogP contribution in [0, 0.1) is 0 Å². The Hall–Kier alpha value is -1.55. The third kappa shape index (κ3) is 3.31. The summed E-state index contributed by atoms with van der Waals surface area (Å²) in [5, 5.41) is 0.635. The number of nitrogens with zero attached hydrogens (tertiary/aromatic N) is 1. The van der Waals surface area contributed by atoms with Crippen LogP contribution >= 0.6 is 11.6 Å². The van der Waals surface area contributed by atoms with Crippen molar-refractivity contribution in [3.8, 4) is 0 Å². The van der Waals surface area contributed by atoms with Gasteiger partial charge in [0.15, 0.2) is 0 Å². The second-order valence-corrected chi connectivity index (χ2v) is 5.29. The van der Waals surface area contributed by atoms with Crippen LogP contribution in [0.1, 0.15) is 37.7 Å². The maximum atomic E-state index is 12.5. The Morgan fingerprint density at radius 2 is 2.10 bits per heavy atom. The number of imide groups is 1. The first-order valence-corrected chi connectivity index (χ1v) is 7.25. The summed E-state index contributed by atoms with van der Waals surface area (Å²) in [6, 6.07) is 7.24. The molecule has 0 saturated carbocycles. The number of amides is 2. The molecule has 0 aliphatic carbocycles. The predicted octanol–water partition coefficient (Wildman–Crippen LogP) is 3.59. The summed E-state index contributed by atoms with van der Waals surface area (Å²) in [6.07, 6.45) is 2.12. The van der Waals surface area contributed by atoms with Crippen molar-refractivity contribution in [3.63, 3.8) is 0 Å². The van der Waals surface area contributed by atoms with Crippen LogP contribution in [-0.4, -0.2) is 30.1 Å². The molecule has 2 amide bonds. The van der Waals surface area contributed by atoms with E-state index in [0.717, 1.165) is 24.8 Å². The molecule has 1 atom stereocenters. The summed E-state index contributed by atoms with van der Waals surface area (Å²) in [5.41, 5.74) is 0.896.